The quantitative estimate of drug-likeness (QED) is 0.845. The van der Waals surface area contributed by atoms with E-state index in [0.717, 1.165) is 12.1 Å². The van der Waals surface area contributed by atoms with Gasteiger partial charge >= 0.3 is 0 Å². The predicted octanol–water partition coefficient (Wildman–Crippen LogP) is 2.66. The van der Waals surface area contributed by atoms with Gasteiger partial charge in [0.05, 0.1) is 0 Å². The van der Waals surface area contributed by atoms with Crippen molar-refractivity contribution in [3.05, 3.63) is 29.3 Å². The van der Waals surface area contributed by atoms with Crippen LogP contribution >= 0.6 is 0 Å². The molecule has 5 heteroatoms. The lowest BCUT2D eigenvalue weighted by Crippen LogP contribution is -2.38. The molecule has 0 heterocycles. The lowest BCUT2D eigenvalue weighted by Gasteiger charge is -2.28. The Balaban J connectivity index is 3.05. The Morgan fingerprint density at radius 1 is 1.22 bits per heavy atom. The third-order valence-electron chi connectivity index (χ3n) is 3.22. The molecule has 1 rings (SSSR count). The van der Waals surface area contributed by atoms with Crippen LogP contribution in [0.3, 0.4) is 0 Å². The molecule has 1 aromatic carbocycles. The number of hydrogen-bond acceptors (Lipinski definition) is 2. The van der Waals surface area contributed by atoms with Crippen LogP contribution < -0.4 is 5.73 Å². The molecule has 0 bridgehead atoms. The zero-order chi connectivity index (χ0) is 14.0. The van der Waals surface area contributed by atoms with Crippen molar-refractivity contribution in [3.63, 3.8) is 0 Å². The number of halogens is 2. The van der Waals surface area contributed by atoms with Gasteiger partial charge in [-0.2, -0.15) is 0 Å². The first-order chi connectivity index (χ1) is 8.25. The number of hydrogen-bond donors (Lipinski definition) is 1. The minimum atomic E-state index is -0.913. The topological polar surface area (TPSA) is 46.3 Å². The molecule has 100 valence electrons. The summed E-state index contributed by atoms with van der Waals surface area (Å²) in [5.41, 5.74) is 4.56. The highest BCUT2D eigenvalue weighted by molar-refractivity contribution is 5.94. The van der Waals surface area contributed by atoms with Gasteiger partial charge in [0.1, 0.15) is 17.3 Å². The molecule has 0 saturated heterocycles. The predicted molar refractivity (Wildman–Crippen MR) is 67.2 cm³/mol. The zero-order valence-corrected chi connectivity index (χ0v) is 11.0. The van der Waals surface area contributed by atoms with Crippen LogP contribution in [0.5, 0.6) is 0 Å². The standard InChI is InChI=1S/C13H18F2N2O/c1-7(2)8(3)17(4)13(18)9-5-10(14)12(16)11(15)6-9/h5-8H,16H2,1-4H3. The number of anilines is 1. The highest BCUT2D eigenvalue weighted by atomic mass is 19.1. The number of rotatable bonds is 3. The number of benzene rings is 1. The third-order valence-corrected chi connectivity index (χ3v) is 3.22. The zero-order valence-electron chi connectivity index (χ0n) is 11.0. The van der Waals surface area contributed by atoms with Crippen molar-refractivity contribution < 1.29 is 13.6 Å². The van der Waals surface area contributed by atoms with E-state index in [1.165, 1.54) is 4.90 Å². The highest BCUT2D eigenvalue weighted by Crippen LogP contribution is 2.19. The maximum atomic E-state index is 13.3. The van der Waals surface area contributed by atoms with E-state index >= 15 is 0 Å². The molecule has 0 aliphatic heterocycles. The normalized spacial score (nSPS) is 12.6. The number of nitrogen functional groups attached to an aromatic ring is 1. The molecule has 3 nitrogen and oxygen atoms in total. The second-order valence-corrected chi connectivity index (χ2v) is 4.75. The molecule has 0 saturated carbocycles. The minimum absolute atomic E-state index is 0.0267. The van der Waals surface area contributed by atoms with Gasteiger partial charge in [-0.25, -0.2) is 8.78 Å². The maximum absolute atomic E-state index is 13.3. The molecule has 0 aromatic heterocycles. The average Bonchev–Trinajstić information content (AvgIpc) is 2.32. The molecule has 0 spiro atoms. The number of amides is 1. The molecular weight excluding hydrogens is 238 g/mol. The number of carbonyl (C=O) groups excluding carboxylic acids is 1. The maximum Gasteiger partial charge on any atom is 0.254 e. The van der Waals surface area contributed by atoms with Gasteiger partial charge < -0.3 is 10.6 Å². The Bertz CT molecular complexity index is 437. The summed E-state index contributed by atoms with van der Waals surface area (Å²) >= 11 is 0. The summed E-state index contributed by atoms with van der Waals surface area (Å²) < 4.78 is 26.6. The summed E-state index contributed by atoms with van der Waals surface area (Å²) in [6, 6.07) is 1.90. The summed E-state index contributed by atoms with van der Waals surface area (Å²) in [4.78, 5) is 13.5. The fourth-order valence-electron chi connectivity index (χ4n) is 1.54. The van der Waals surface area contributed by atoms with Crippen molar-refractivity contribution in [2.75, 3.05) is 12.8 Å². The van der Waals surface area contributed by atoms with Gasteiger partial charge in [-0.3, -0.25) is 4.79 Å². The SMILES string of the molecule is CC(C)C(C)N(C)C(=O)c1cc(F)c(N)c(F)c1. The molecule has 1 aromatic rings. The Hall–Kier alpha value is -1.65. The smallest absolute Gasteiger partial charge is 0.254 e. The Morgan fingerprint density at radius 3 is 2.06 bits per heavy atom. The van der Waals surface area contributed by atoms with Gasteiger partial charge in [0, 0.05) is 18.7 Å². The lowest BCUT2D eigenvalue weighted by atomic mass is 10.0. The van der Waals surface area contributed by atoms with E-state index in [2.05, 4.69) is 0 Å². The first-order valence-electron chi connectivity index (χ1n) is 5.77. The summed E-state index contributed by atoms with van der Waals surface area (Å²) in [5, 5.41) is 0. The van der Waals surface area contributed by atoms with Crippen molar-refractivity contribution >= 4 is 11.6 Å². The fraction of sp³-hybridized carbons (Fsp3) is 0.462. The summed E-state index contributed by atoms with van der Waals surface area (Å²) in [7, 11) is 1.61. The third kappa shape index (κ3) is 2.78. The summed E-state index contributed by atoms with van der Waals surface area (Å²) in [6.07, 6.45) is 0. The molecular formula is C13H18F2N2O. The first-order valence-corrected chi connectivity index (χ1v) is 5.77. The molecule has 1 amide bonds. The van der Waals surface area contributed by atoms with E-state index in [9.17, 15) is 13.6 Å². The van der Waals surface area contributed by atoms with Crippen LogP contribution in [-0.2, 0) is 0 Å². The molecule has 18 heavy (non-hydrogen) atoms. The van der Waals surface area contributed by atoms with Gasteiger partial charge in [-0.05, 0) is 25.0 Å². The van der Waals surface area contributed by atoms with Gasteiger partial charge in [0.2, 0.25) is 0 Å². The summed E-state index contributed by atoms with van der Waals surface area (Å²) in [6.45, 7) is 5.82. The first kappa shape index (κ1) is 14.4. The van der Waals surface area contributed by atoms with Gasteiger partial charge in [-0.15, -0.1) is 0 Å². The minimum Gasteiger partial charge on any atom is -0.394 e. The molecule has 0 radical (unpaired) electrons. The van der Waals surface area contributed by atoms with Crippen molar-refractivity contribution in [1.29, 1.82) is 0 Å². The monoisotopic (exact) mass is 256 g/mol. The van der Waals surface area contributed by atoms with Gasteiger partial charge in [0.25, 0.3) is 5.91 Å². The number of nitrogens with zero attached hydrogens (tertiary/aromatic N) is 1. The molecule has 0 aliphatic rings. The van der Waals surface area contributed by atoms with Crippen molar-refractivity contribution in [1.82, 2.24) is 4.90 Å². The van der Waals surface area contributed by atoms with E-state index < -0.39 is 23.2 Å². The van der Waals surface area contributed by atoms with Crippen LogP contribution in [0.2, 0.25) is 0 Å². The van der Waals surface area contributed by atoms with E-state index in [-0.39, 0.29) is 17.5 Å². The van der Waals surface area contributed by atoms with Crippen LogP contribution in [0.25, 0.3) is 0 Å². The van der Waals surface area contributed by atoms with E-state index in [4.69, 9.17) is 5.73 Å². The second kappa shape index (κ2) is 5.33. The van der Waals surface area contributed by atoms with E-state index in [1.54, 1.807) is 7.05 Å². The summed E-state index contributed by atoms with van der Waals surface area (Å²) in [5.74, 6) is -2.00. The fourth-order valence-corrected chi connectivity index (χ4v) is 1.54. The van der Waals surface area contributed by atoms with E-state index in [1.807, 2.05) is 20.8 Å². The van der Waals surface area contributed by atoms with Crippen molar-refractivity contribution in [3.8, 4) is 0 Å². The van der Waals surface area contributed by atoms with Gasteiger partial charge in [0.15, 0.2) is 0 Å². The highest BCUT2D eigenvalue weighted by Gasteiger charge is 2.21. The Morgan fingerprint density at radius 2 is 1.67 bits per heavy atom. The Labute approximate surface area is 106 Å². The molecule has 0 fully saturated rings. The number of carbonyl (C=O) groups is 1. The molecule has 0 aliphatic carbocycles. The van der Waals surface area contributed by atoms with Crippen molar-refractivity contribution in [2.24, 2.45) is 5.92 Å². The van der Waals surface area contributed by atoms with Crippen LogP contribution in [0.1, 0.15) is 31.1 Å². The number of nitrogens with two attached hydrogens (primary N) is 1. The van der Waals surface area contributed by atoms with Crippen LogP contribution in [0.15, 0.2) is 12.1 Å². The average molecular weight is 256 g/mol. The van der Waals surface area contributed by atoms with Crippen LogP contribution in [0, 0.1) is 17.6 Å². The van der Waals surface area contributed by atoms with Crippen LogP contribution in [0.4, 0.5) is 14.5 Å². The van der Waals surface area contributed by atoms with Crippen molar-refractivity contribution in [2.45, 2.75) is 26.8 Å². The van der Waals surface area contributed by atoms with E-state index in [0.29, 0.717) is 0 Å². The molecule has 2 N–H and O–H groups in total. The largest absolute Gasteiger partial charge is 0.394 e. The Kier molecular flexibility index (Phi) is 4.27. The second-order valence-electron chi connectivity index (χ2n) is 4.75. The van der Waals surface area contributed by atoms with Gasteiger partial charge in [-0.1, -0.05) is 13.8 Å². The van der Waals surface area contributed by atoms with Crippen LogP contribution in [-0.4, -0.2) is 23.9 Å². The lowest BCUT2D eigenvalue weighted by molar-refractivity contribution is 0.0706. The molecule has 1 unspecified atom stereocenters. The molecule has 1 atom stereocenters.